The van der Waals surface area contributed by atoms with Crippen LogP contribution in [-0.2, 0) is 0 Å². The molecule has 0 radical (unpaired) electrons. The molecule has 2 heterocycles. The predicted molar refractivity (Wildman–Crippen MR) is 85.4 cm³/mol. The number of hydrazone groups is 1. The molecule has 0 atom stereocenters. The van der Waals surface area contributed by atoms with Crippen molar-refractivity contribution >= 4 is 28.7 Å². The lowest BCUT2D eigenvalue weighted by Crippen LogP contribution is -2.01. The van der Waals surface area contributed by atoms with E-state index >= 15 is 0 Å². The molecule has 4 aromatic rings. The zero-order valence-electron chi connectivity index (χ0n) is 11.8. The van der Waals surface area contributed by atoms with Gasteiger partial charge in [-0.2, -0.15) is 9.62 Å². The second-order valence-electron chi connectivity index (χ2n) is 4.79. The lowest BCUT2D eigenvalue weighted by Gasteiger charge is -2.04. The summed E-state index contributed by atoms with van der Waals surface area (Å²) in [5.41, 5.74) is 5.44. The average Bonchev–Trinajstić information content (AvgIpc) is 3.07. The number of aromatic nitrogens is 5. The number of fused-ring (bicyclic) bond motifs is 3. The number of hydrogen-bond donors (Lipinski definition) is 2. The predicted octanol–water partition coefficient (Wildman–Crippen LogP) is 1.82. The first-order chi connectivity index (χ1) is 11.3. The van der Waals surface area contributed by atoms with Gasteiger partial charge < -0.3 is 5.11 Å². The van der Waals surface area contributed by atoms with E-state index in [1.54, 1.807) is 22.7 Å². The summed E-state index contributed by atoms with van der Waals surface area (Å²) in [7, 11) is 0. The molecule has 0 aliphatic carbocycles. The van der Waals surface area contributed by atoms with Crippen LogP contribution in [0.5, 0.6) is 5.75 Å². The number of nitrogens with one attached hydrogen (secondary N) is 1. The molecule has 0 aliphatic heterocycles. The van der Waals surface area contributed by atoms with E-state index in [1.807, 2.05) is 30.3 Å². The highest BCUT2D eigenvalue weighted by molar-refractivity contribution is 5.85. The highest BCUT2D eigenvalue weighted by Gasteiger charge is 2.10. The van der Waals surface area contributed by atoms with Gasteiger partial charge in [0.2, 0.25) is 5.65 Å². The molecular weight excluding hydrogens is 294 g/mol. The summed E-state index contributed by atoms with van der Waals surface area (Å²) in [5, 5.41) is 25.4. The zero-order chi connectivity index (χ0) is 15.6. The number of tetrazole rings is 1. The second-order valence-corrected chi connectivity index (χ2v) is 4.79. The Bertz CT molecular complexity index is 1020. The van der Waals surface area contributed by atoms with E-state index in [0.717, 1.165) is 11.0 Å². The van der Waals surface area contributed by atoms with Crippen molar-refractivity contribution in [1.29, 1.82) is 0 Å². The normalized spacial score (nSPS) is 11.5. The first-order valence-corrected chi connectivity index (χ1v) is 6.87. The summed E-state index contributed by atoms with van der Waals surface area (Å²) >= 11 is 0. The zero-order valence-corrected chi connectivity index (χ0v) is 11.8. The third-order valence-corrected chi connectivity index (χ3v) is 3.33. The number of anilines is 1. The molecule has 0 saturated carbocycles. The Kier molecular flexibility index (Phi) is 3.05. The molecule has 0 saturated heterocycles. The van der Waals surface area contributed by atoms with Crippen LogP contribution in [0.25, 0.3) is 16.7 Å². The van der Waals surface area contributed by atoms with Crippen LogP contribution in [0.4, 0.5) is 5.82 Å². The van der Waals surface area contributed by atoms with Crippen molar-refractivity contribution in [3.05, 3.63) is 54.1 Å². The fourth-order valence-corrected chi connectivity index (χ4v) is 2.24. The Hall–Kier alpha value is -3.55. The topological polar surface area (TPSA) is 101 Å². The number of aromatic hydroxyl groups is 1. The molecule has 2 N–H and O–H groups in total. The van der Waals surface area contributed by atoms with Crippen molar-refractivity contribution < 1.29 is 5.11 Å². The molecule has 4 rings (SSSR count). The van der Waals surface area contributed by atoms with E-state index in [0.29, 0.717) is 17.0 Å². The van der Waals surface area contributed by atoms with Crippen molar-refractivity contribution in [2.24, 2.45) is 5.10 Å². The first-order valence-electron chi connectivity index (χ1n) is 6.87. The summed E-state index contributed by atoms with van der Waals surface area (Å²) in [6, 6.07) is 14.5. The van der Waals surface area contributed by atoms with Gasteiger partial charge in [-0.25, -0.2) is 4.98 Å². The summed E-state index contributed by atoms with van der Waals surface area (Å²) < 4.78 is 1.60. The van der Waals surface area contributed by atoms with Gasteiger partial charge in [0.25, 0.3) is 0 Å². The molecular formula is C15H11N7O. The van der Waals surface area contributed by atoms with Crippen LogP contribution in [0.15, 0.2) is 53.6 Å². The van der Waals surface area contributed by atoms with Crippen LogP contribution in [0, 0.1) is 0 Å². The molecule has 0 unspecified atom stereocenters. The molecule has 2 aromatic carbocycles. The van der Waals surface area contributed by atoms with Crippen molar-refractivity contribution in [3.63, 3.8) is 0 Å². The van der Waals surface area contributed by atoms with Crippen molar-refractivity contribution in [2.45, 2.75) is 0 Å². The molecule has 23 heavy (non-hydrogen) atoms. The van der Waals surface area contributed by atoms with Crippen molar-refractivity contribution in [2.75, 3.05) is 5.43 Å². The maximum absolute atomic E-state index is 9.72. The number of phenolic OH excluding ortho intramolecular Hbond substituents is 1. The van der Waals surface area contributed by atoms with Gasteiger partial charge in [0.1, 0.15) is 5.75 Å². The lowest BCUT2D eigenvalue weighted by molar-refractivity contribution is 0.474. The quantitative estimate of drug-likeness (QED) is 0.442. The number of benzene rings is 2. The van der Waals surface area contributed by atoms with Crippen LogP contribution in [0.3, 0.4) is 0 Å². The fraction of sp³-hybridized carbons (Fsp3) is 0. The lowest BCUT2D eigenvalue weighted by atomic mass is 10.2. The van der Waals surface area contributed by atoms with Gasteiger partial charge in [0.15, 0.2) is 5.82 Å². The van der Waals surface area contributed by atoms with E-state index < -0.39 is 0 Å². The van der Waals surface area contributed by atoms with E-state index in [2.05, 4.69) is 31.0 Å². The highest BCUT2D eigenvalue weighted by atomic mass is 16.3. The third-order valence-electron chi connectivity index (χ3n) is 3.33. The van der Waals surface area contributed by atoms with Crippen LogP contribution in [-0.4, -0.2) is 36.3 Å². The Balaban J connectivity index is 1.73. The Morgan fingerprint density at radius 3 is 2.83 bits per heavy atom. The number of rotatable bonds is 3. The van der Waals surface area contributed by atoms with Gasteiger partial charge in [0.05, 0.1) is 17.2 Å². The number of hydrogen-bond acceptors (Lipinski definition) is 7. The molecule has 2 aromatic heterocycles. The van der Waals surface area contributed by atoms with Gasteiger partial charge in [-0.15, -0.1) is 5.10 Å². The molecule has 0 bridgehead atoms. The Morgan fingerprint density at radius 1 is 1.09 bits per heavy atom. The summed E-state index contributed by atoms with van der Waals surface area (Å²) in [4.78, 5) is 4.48. The third kappa shape index (κ3) is 2.31. The second kappa shape index (κ2) is 5.34. The molecule has 0 aliphatic rings. The molecule has 112 valence electrons. The van der Waals surface area contributed by atoms with Crippen LogP contribution < -0.4 is 5.43 Å². The smallest absolute Gasteiger partial charge is 0.224 e. The van der Waals surface area contributed by atoms with Crippen LogP contribution in [0.2, 0.25) is 0 Å². The number of phenols is 1. The number of para-hydroxylation sites is 3. The largest absolute Gasteiger partial charge is 0.507 e. The first kappa shape index (κ1) is 13.1. The molecule has 8 heteroatoms. The SMILES string of the molecule is Oc1ccccc1/C=N\Nc1nc2ccccc2n2nnnc12. The summed E-state index contributed by atoms with van der Waals surface area (Å²) in [6.07, 6.45) is 1.51. The van der Waals surface area contributed by atoms with Gasteiger partial charge in [-0.1, -0.05) is 24.3 Å². The minimum atomic E-state index is 0.152. The molecule has 0 spiro atoms. The monoisotopic (exact) mass is 305 g/mol. The average molecular weight is 305 g/mol. The minimum absolute atomic E-state index is 0.152. The van der Waals surface area contributed by atoms with Gasteiger partial charge in [-0.3, -0.25) is 5.43 Å². The number of nitrogens with zero attached hydrogens (tertiary/aromatic N) is 6. The fourth-order valence-electron chi connectivity index (χ4n) is 2.24. The van der Waals surface area contributed by atoms with E-state index in [9.17, 15) is 5.11 Å². The molecule has 8 nitrogen and oxygen atoms in total. The minimum Gasteiger partial charge on any atom is -0.507 e. The van der Waals surface area contributed by atoms with Gasteiger partial charge in [-0.05, 0) is 34.7 Å². The van der Waals surface area contributed by atoms with Crippen LogP contribution in [0.1, 0.15) is 5.56 Å². The van der Waals surface area contributed by atoms with Gasteiger partial charge >= 0.3 is 0 Å². The van der Waals surface area contributed by atoms with Crippen LogP contribution >= 0.6 is 0 Å². The van der Waals surface area contributed by atoms with E-state index in [1.165, 1.54) is 6.21 Å². The summed E-state index contributed by atoms with van der Waals surface area (Å²) in [6.45, 7) is 0. The maximum atomic E-state index is 9.72. The van der Waals surface area contributed by atoms with Crippen molar-refractivity contribution in [1.82, 2.24) is 25.0 Å². The summed E-state index contributed by atoms with van der Waals surface area (Å²) in [5.74, 6) is 0.583. The highest BCUT2D eigenvalue weighted by Crippen LogP contribution is 2.19. The Morgan fingerprint density at radius 2 is 1.91 bits per heavy atom. The Labute approximate surface area is 130 Å². The van der Waals surface area contributed by atoms with E-state index in [-0.39, 0.29) is 5.75 Å². The molecule has 0 amide bonds. The van der Waals surface area contributed by atoms with E-state index in [4.69, 9.17) is 0 Å². The van der Waals surface area contributed by atoms with Gasteiger partial charge in [0, 0.05) is 5.56 Å². The molecule has 0 fully saturated rings. The maximum Gasteiger partial charge on any atom is 0.224 e. The van der Waals surface area contributed by atoms with Crippen molar-refractivity contribution in [3.8, 4) is 5.75 Å². The standard InChI is InChI=1S/C15H11N7O/c23-13-8-4-1-5-10(13)9-16-18-14-15-19-20-21-22(15)12-7-3-2-6-11(12)17-14/h1-9,23H,(H,17,18)/b16-9-.